The van der Waals surface area contributed by atoms with Gasteiger partial charge in [-0.25, -0.2) is 9.97 Å². The second-order valence-electron chi connectivity index (χ2n) is 5.81. The molecule has 1 aliphatic rings. The Bertz CT molecular complexity index is 796. The van der Waals surface area contributed by atoms with Gasteiger partial charge in [-0.2, -0.15) is 0 Å². The quantitative estimate of drug-likeness (QED) is 0.757. The number of H-pyrrole nitrogens is 1. The van der Waals surface area contributed by atoms with Gasteiger partial charge >= 0.3 is 0 Å². The Hall–Kier alpha value is -2.41. The van der Waals surface area contributed by atoms with Crippen molar-refractivity contribution < 1.29 is 9.63 Å². The van der Waals surface area contributed by atoms with E-state index in [0.29, 0.717) is 13.0 Å². The summed E-state index contributed by atoms with van der Waals surface area (Å²) in [4.78, 5) is 13.8. The monoisotopic (exact) mass is 299 g/mol. The first kappa shape index (κ1) is 13.3. The number of fused-ring (bicyclic) bond motifs is 1. The lowest BCUT2D eigenvalue weighted by Crippen LogP contribution is -2.22. The molecule has 7 nitrogen and oxygen atoms in total. The average molecular weight is 299 g/mol. The maximum Gasteiger partial charge on any atom is 0.142 e. The van der Waals surface area contributed by atoms with E-state index in [1.165, 1.54) is 0 Å². The van der Waals surface area contributed by atoms with E-state index in [2.05, 4.69) is 25.0 Å². The number of nitrogens with zero attached hydrogens (tertiary/aromatic N) is 4. The molecule has 0 aromatic carbocycles. The SMILES string of the molecule is Cc1cc(C[C@@H]2CN(c3ncnc4[nH]ccc34)C[C@@H]2O)on1. The second kappa shape index (κ2) is 5.10. The molecule has 1 saturated heterocycles. The Morgan fingerprint density at radius 2 is 2.32 bits per heavy atom. The number of anilines is 1. The number of aromatic amines is 1. The van der Waals surface area contributed by atoms with Crippen molar-refractivity contribution >= 4 is 16.9 Å². The largest absolute Gasteiger partial charge is 0.391 e. The van der Waals surface area contributed by atoms with Crippen LogP contribution in [0.15, 0.2) is 29.2 Å². The number of hydrogen-bond acceptors (Lipinski definition) is 6. The highest BCUT2D eigenvalue weighted by atomic mass is 16.5. The van der Waals surface area contributed by atoms with Gasteiger partial charge in [0.25, 0.3) is 0 Å². The molecule has 2 N–H and O–H groups in total. The van der Waals surface area contributed by atoms with Crippen molar-refractivity contribution in [1.82, 2.24) is 20.1 Å². The first-order chi connectivity index (χ1) is 10.7. The third kappa shape index (κ3) is 2.23. The molecule has 0 aliphatic carbocycles. The summed E-state index contributed by atoms with van der Waals surface area (Å²) in [6.45, 7) is 3.20. The molecule has 0 amide bonds. The lowest BCUT2D eigenvalue weighted by Gasteiger charge is -2.17. The van der Waals surface area contributed by atoms with E-state index in [9.17, 15) is 5.11 Å². The Balaban J connectivity index is 1.56. The zero-order valence-corrected chi connectivity index (χ0v) is 12.2. The van der Waals surface area contributed by atoms with Crippen LogP contribution in [0.4, 0.5) is 5.82 Å². The lowest BCUT2D eigenvalue weighted by atomic mass is 10.0. The molecule has 0 saturated carbocycles. The summed E-state index contributed by atoms with van der Waals surface area (Å²) in [6.07, 6.45) is 3.67. The van der Waals surface area contributed by atoms with Crippen LogP contribution in [-0.2, 0) is 6.42 Å². The minimum absolute atomic E-state index is 0.108. The summed E-state index contributed by atoms with van der Waals surface area (Å²) >= 11 is 0. The van der Waals surface area contributed by atoms with Crippen LogP contribution in [0.25, 0.3) is 11.0 Å². The van der Waals surface area contributed by atoms with Gasteiger partial charge in [-0.15, -0.1) is 0 Å². The lowest BCUT2D eigenvalue weighted by molar-refractivity contribution is 0.143. The number of rotatable bonds is 3. The van der Waals surface area contributed by atoms with Crippen molar-refractivity contribution in [2.24, 2.45) is 5.92 Å². The van der Waals surface area contributed by atoms with Gasteiger partial charge in [-0.05, 0) is 13.0 Å². The number of aliphatic hydroxyl groups is 1. The van der Waals surface area contributed by atoms with Crippen LogP contribution in [-0.4, -0.2) is 44.4 Å². The zero-order chi connectivity index (χ0) is 15.1. The smallest absolute Gasteiger partial charge is 0.142 e. The Labute approximate surface area is 127 Å². The molecule has 7 heteroatoms. The van der Waals surface area contributed by atoms with E-state index >= 15 is 0 Å². The number of aromatic nitrogens is 4. The van der Waals surface area contributed by atoms with Crippen molar-refractivity contribution in [1.29, 1.82) is 0 Å². The van der Waals surface area contributed by atoms with Crippen molar-refractivity contribution in [2.75, 3.05) is 18.0 Å². The summed E-state index contributed by atoms with van der Waals surface area (Å²) in [5.41, 5.74) is 1.68. The minimum atomic E-state index is -0.408. The number of aliphatic hydroxyl groups excluding tert-OH is 1. The van der Waals surface area contributed by atoms with Gasteiger partial charge in [0.15, 0.2) is 0 Å². The van der Waals surface area contributed by atoms with Crippen molar-refractivity contribution in [3.05, 3.63) is 36.1 Å². The van der Waals surface area contributed by atoms with Crippen LogP contribution in [0.3, 0.4) is 0 Å². The van der Waals surface area contributed by atoms with E-state index in [0.717, 1.165) is 34.9 Å². The van der Waals surface area contributed by atoms with Gasteiger partial charge in [0, 0.05) is 37.7 Å². The third-order valence-electron chi connectivity index (χ3n) is 4.18. The van der Waals surface area contributed by atoms with E-state index in [1.54, 1.807) is 6.33 Å². The highest BCUT2D eigenvalue weighted by Gasteiger charge is 2.33. The van der Waals surface area contributed by atoms with Crippen LogP contribution in [0, 0.1) is 12.8 Å². The molecule has 2 atom stereocenters. The average Bonchev–Trinajstić information content (AvgIpc) is 3.20. The van der Waals surface area contributed by atoms with E-state index in [1.807, 2.05) is 25.3 Å². The van der Waals surface area contributed by atoms with Gasteiger partial charge in [0.2, 0.25) is 0 Å². The van der Waals surface area contributed by atoms with Gasteiger partial charge in [-0.3, -0.25) is 0 Å². The molecule has 0 unspecified atom stereocenters. The Morgan fingerprint density at radius 1 is 1.41 bits per heavy atom. The summed E-state index contributed by atoms with van der Waals surface area (Å²) in [6, 6.07) is 3.88. The fourth-order valence-corrected chi connectivity index (χ4v) is 3.11. The standard InChI is InChI=1S/C15H17N5O2/c1-9-4-11(22-19-9)5-10-6-20(7-13(10)21)15-12-2-3-16-14(12)17-8-18-15/h2-4,8,10,13,21H,5-7H2,1H3,(H,16,17,18)/t10-,13+/m1/s1. The number of aryl methyl sites for hydroxylation is 1. The molecule has 4 rings (SSSR count). The zero-order valence-electron chi connectivity index (χ0n) is 12.2. The normalized spacial score (nSPS) is 21.8. The molecule has 4 heterocycles. The maximum absolute atomic E-state index is 10.4. The van der Waals surface area contributed by atoms with Crippen LogP contribution in [0.2, 0.25) is 0 Å². The molecular formula is C15H17N5O2. The first-order valence-corrected chi connectivity index (χ1v) is 7.34. The molecule has 22 heavy (non-hydrogen) atoms. The molecule has 3 aromatic heterocycles. The summed E-state index contributed by atoms with van der Waals surface area (Å²) in [5.74, 6) is 1.79. The van der Waals surface area contributed by atoms with Gasteiger partial charge in [0.1, 0.15) is 23.6 Å². The van der Waals surface area contributed by atoms with E-state index < -0.39 is 6.10 Å². The number of nitrogens with one attached hydrogen (secondary N) is 1. The molecule has 114 valence electrons. The first-order valence-electron chi connectivity index (χ1n) is 7.34. The Kier molecular flexibility index (Phi) is 3.07. The highest BCUT2D eigenvalue weighted by molar-refractivity contribution is 5.87. The fraction of sp³-hybridized carbons (Fsp3) is 0.400. The molecule has 0 radical (unpaired) electrons. The van der Waals surface area contributed by atoms with Crippen molar-refractivity contribution in [3.63, 3.8) is 0 Å². The van der Waals surface area contributed by atoms with Gasteiger partial charge < -0.3 is 19.5 Å². The van der Waals surface area contributed by atoms with Crippen LogP contribution < -0.4 is 4.90 Å². The minimum Gasteiger partial charge on any atom is -0.391 e. The summed E-state index contributed by atoms with van der Waals surface area (Å²) in [5, 5.41) is 15.2. The van der Waals surface area contributed by atoms with Crippen molar-refractivity contribution in [3.8, 4) is 0 Å². The number of β-amino-alcohol motifs (C(OH)–C–C–N with tert-alkyl or cyclic N) is 1. The second-order valence-corrected chi connectivity index (χ2v) is 5.81. The number of hydrogen-bond donors (Lipinski definition) is 2. The van der Waals surface area contributed by atoms with Gasteiger partial charge in [-0.1, -0.05) is 5.16 Å². The van der Waals surface area contributed by atoms with E-state index in [-0.39, 0.29) is 5.92 Å². The predicted octanol–water partition coefficient (Wildman–Crippen LogP) is 1.29. The van der Waals surface area contributed by atoms with Crippen LogP contribution in [0.1, 0.15) is 11.5 Å². The molecular weight excluding hydrogens is 282 g/mol. The molecule has 1 aliphatic heterocycles. The summed E-state index contributed by atoms with van der Waals surface area (Å²) < 4.78 is 5.26. The highest BCUT2D eigenvalue weighted by Crippen LogP contribution is 2.29. The van der Waals surface area contributed by atoms with E-state index in [4.69, 9.17) is 4.52 Å². The maximum atomic E-state index is 10.4. The van der Waals surface area contributed by atoms with Gasteiger partial charge in [0.05, 0.1) is 17.2 Å². The molecule has 3 aromatic rings. The fourth-order valence-electron chi connectivity index (χ4n) is 3.11. The topological polar surface area (TPSA) is 91.1 Å². The van der Waals surface area contributed by atoms with Crippen LogP contribution in [0.5, 0.6) is 0 Å². The van der Waals surface area contributed by atoms with Crippen molar-refractivity contribution in [2.45, 2.75) is 19.4 Å². The van der Waals surface area contributed by atoms with Crippen LogP contribution >= 0.6 is 0 Å². The summed E-state index contributed by atoms with van der Waals surface area (Å²) in [7, 11) is 0. The molecule has 1 fully saturated rings. The molecule has 0 spiro atoms. The third-order valence-corrected chi connectivity index (χ3v) is 4.18. The predicted molar refractivity (Wildman–Crippen MR) is 80.5 cm³/mol. The molecule has 0 bridgehead atoms. The Morgan fingerprint density at radius 3 is 3.14 bits per heavy atom.